The summed E-state index contributed by atoms with van der Waals surface area (Å²) in [6.07, 6.45) is 5.86. The highest BCUT2D eigenvalue weighted by molar-refractivity contribution is 6.10. The number of hydroxylamine groups is 1. The fraction of sp³-hybridized carbons (Fsp3) is 0.179. The Morgan fingerprint density at radius 2 is 1.49 bits per heavy atom. The number of hydrogen-bond acceptors (Lipinski definition) is 6. The third-order valence-corrected chi connectivity index (χ3v) is 5.84. The molecule has 0 saturated carbocycles. The summed E-state index contributed by atoms with van der Waals surface area (Å²) >= 11 is 0. The van der Waals surface area contributed by atoms with Crippen LogP contribution in [0.25, 0.3) is 12.2 Å². The highest BCUT2D eigenvalue weighted by atomic mass is 16.5. The van der Waals surface area contributed by atoms with Gasteiger partial charge in [0.25, 0.3) is 5.91 Å². The molecule has 1 aliphatic heterocycles. The Balaban J connectivity index is 1.41. The van der Waals surface area contributed by atoms with E-state index >= 15 is 0 Å². The van der Waals surface area contributed by atoms with Gasteiger partial charge in [-0.05, 0) is 48.1 Å². The molecule has 4 rings (SSSR count). The molecule has 0 radical (unpaired) electrons. The third-order valence-electron chi connectivity index (χ3n) is 5.84. The van der Waals surface area contributed by atoms with Gasteiger partial charge in [0, 0.05) is 50.1 Å². The van der Waals surface area contributed by atoms with E-state index in [0.717, 1.165) is 38.4 Å². The number of piperazine rings is 1. The van der Waals surface area contributed by atoms with Gasteiger partial charge >= 0.3 is 0 Å². The van der Waals surface area contributed by atoms with E-state index in [1.165, 1.54) is 29.3 Å². The number of aromatic nitrogens is 1. The number of amides is 1. The molecule has 35 heavy (non-hydrogen) atoms. The summed E-state index contributed by atoms with van der Waals surface area (Å²) in [5, 5.41) is 8.58. The summed E-state index contributed by atoms with van der Waals surface area (Å²) in [6.45, 7) is 4.53. The number of pyridine rings is 1. The average Bonchev–Trinajstić information content (AvgIpc) is 2.91. The Morgan fingerprint density at radius 1 is 0.829 bits per heavy atom. The molecule has 1 saturated heterocycles. The van der Waals surface area contributed by atoms with E-state index in [4.69, 9.17) is 5.21 Å². The van der Waals surface area contributed by atoms with Gasteiger partial charge in [-0.15, -0.1) is 0 Å². The lowest BCUT2D eigenvalue weighted by atomic mass is 10.1. The number of rotatable bonds is 8. The monoisotopic (exact) mass is 468 g/mol. The SMILES string of the molecule is O=C(C=Cc1cccc(C=CC(=O)c2ccccc2N2CCN(Cc3ccccc3)CC2)n1)NO. The number of carbonyl (C=O) groups is 2. The zero-order chi connectivity index (χ0) is 24.5. The van der Waals surface area contributed by atoms with Gasteiger partial charge in [0.05, 0.1) is 11.4 Å². The number of nitrogens with zero attached hydrogens (tertiary/aromatic N) is 3. The summed E-state index contributed by atoms with van der Waals surface area (Å²) in [5.41, 5.74) is 5.59. The van der Waals surface area contributed by atoms with Crippen LogP contribution in [0.4, 0.5) is 5.69 Å². The molecule has 3 aromatic rings. The van der Waals surface area contributed by atoms with Crippen molar-refractivity contribution in [2.75, 3.05) is 31.1 Å². The van der Waals surface area contributed by atoms with Gasteiger partial charge in [-0.25, -0.2) is 10.5 Å². The molecule has 0 unspecified atom stereocenters. The highest BCUT2D eigenvalue weighted by Crippen LogP contribution is 2.23. The lowest BCUT2D eigenvalue weighted by molar-refractivity contribution is -0.124. The molecule has 7 nitrogen and oxygen atoms in total. The van der Waals surface area contributed by atoms with Gasteiger partial charge in [0.2, 0.25) is 0 Å². The van der Waals surface area contributed by atoms with E-state index < -0.39 is 5.91 Å². The minimum atomic E-state index is -0.638. The van der Waals surface area contributed by atoms with E-state index in [1.807, 2.05) is 30.3 Å². The first kappa shape index (κ1) is 24.1. The molecule has 0 bridgehead atoms. The quantitative estimate of drug-likeness (QED) is 0.226. The third kappa shape index (κ3) is 6.72. The topological polar surface area (TPSA) is 85.8 Å². The van der Waals surface area contributed by atoms with E-state index in [-0.39, 0.29) is 5.78 Å². The molecular weight excluding hydrogens is 440 g/mol. The van der Waals surface area contributed by atoms with Crippen LogP contribution in [0.2, 0.25) is 0 Å². The second kappa shape index (κ2) is 11.9. The zero-order valence-electron chi connectivity index (χ0n) is 19.4. The van der Waals surface area contributed by atoms with Crippen LogP contribution < -0.4 is 10.4 Å². The number of carbonyl (C=O) groups excluding carboxylic acids is 2. The van der Waals surface area contributed by atoms with Gasteiger partial charge in [0.15, 0.2) is 5.78 Å². The molecule has 178 valence electrons. The summed E-state index contributed by atoms with van der Waals surface area (Å²) in [7, 11) is 0. The number of nitrogens with one attached hydrogen (secondary N) is 1. The lowest BCUT2D eigenvalue weighted by Crippen LogP contribution is -2.46. The molecule has 0 aliphatic carbocycles. The van der Waals surface area contributed by atoms with Gasteiger partial charge in [-0.1, -0.05) is 48.5 Å². The van der Waals surface area contributed by atoms with Crippen LogP contribution in [0, 0.1) is 0 Å². The first-order valence-corrected chi connectivity index (χ1v) is 11.5. The average molecular weight is 469 g/mol. The molecule has 0 atom stereocenters. The summed E-state index contributed by atoms with van der Waals surface area (Å²) in [4.78, 5) is 33.4. The molecule has 1 aliphatic rings. The molecule has 1 fully saturated rings. The number of hydrogen-bond donors (Lipinski definition) is 2. The molecule has 2 aromatic carbocycles. The number of anilines is 1. The Bertz CT molecular complexity index is 1220. The fourth-order valence-electron chi connectivity index (χ4n) is 4.05. The van der Waals surface area contributed by atoms with Crippen LogP contribution in [0.1, 0.15) is 27.3 Å². The van der Waals surface area contributed by atoms with Gasteiger partial charge < -0.3 is 4.90 Å². The fourth-order valence-corrected chi connectivity index (χ4v) is 4.05. The minimum absolute atomic E-state index is 0.0882. The summed E-state index contributed by atoms with van der Waals surface area (Å²) < 4.78 is 0. The van der Waals surface area contributed by atoms with Crippen molar-refractivity contribution >= 4 is 29.5 Å². The second-order valence-electron chi connectivity index (χ2n) is 8.26. The van der Waals surface area contributed by atoms with Gasteiger partial charge in [0.1, 0.15) is 0 Å². The zero-order valence-corrected chi connectivity index (χ0v) is 19.4. The van der Waals surface area contributed by atoms with Crippen LogP contribution in [-0.2, 0) is 11.3 Å². The van der Waals surface area contributed by atoms with Crippen molar-refractivity contribution in [3.8, 4) is 0 Å². The first-order valence-electron chi connectivity index (χ1n) is 11.5. The number of ketones is 1. The normalized spacial score (nSPS) is 14.5. The van der Waals surface area contributed by atoms with E-state index in [0.29, 0.717) is 17.0 Å². The molecule has 7 heteroatoms. The van der Waals surface area contributed by atoms with Crippen molar-refractivity contribution in [3.63, 3.8) is 0 Å². The number of para-hydroxylation sites is 1. The predicted octanol–water partition coefficient (Wildman–Crippen LogP) is 3.82. The highest BCUT2D eigenvalue weighted by Gasteiger charge is 2.20. The Kier molecular flexibility index (Phi) is 8.17. The van der Waals surface area contributed by atoms with Crippen LogP contribution in [0.15, 0.2) is 84.9 Å². The lowest BCUT2D eigenvalue weighted by Gasteiger charge is -2.36. The standard InChI is InChI=1S/C28H28N4O3/c33-27(15-13-23-9-6-10-24(29-23)14-16-28(34)30-35)25-11-4-5-12-26(25)32-19-17-31(18-20-32)21-22-7-2-1-3-8-22/h1-16,35H,17-21H2,(H,30,34). The molecule has 2 heterocycles. The van der Waals surface area contributed by atoms with Crippen molar-refractivity contribution in [1.29, 1.82) is 0 Å². The van der Waals surface area contributed by atoms with E-state index in [1.54, 1.807) is 24.3 Å². The van der Waals surface area contributed by atoms with E-state index in [9.17, 15) is 9.59 Å². The smallest absolute Gasteiger partial charge is 0.267 e. The largest absolute Gasteiger partial charge is 0.368 e. The molecule has 2 N–H and O–H groups in total. The summed E-state index contributed by atoms with van der Waals surface area (Å²) in [5.74, 6) is -0.727. The van der Waals surface area contributed by atoms with Crippen molar-refractivity contribution in [2.45, 2.75) is 6.54 Å². The van der Waals surface area contributed by atoms with Gasteiger partial charge in [-0.3, -0.25) is 19.7 Å². The number of allylic oxidation sites excluding steroid dienone is 1. The van der Waals surface area contributed by atoms with Crippen LogP contribution in [0.5, 0.6) is 0 Å². The van der Waals surface area contributed by atoms with E-state index in [2.05, 4.69) is 39.0 Å². The maximum atomic E-state index is 13.1. The first-order chi connectivity index (χ1) is 17.1. The molecular formula is C28H28N4O3. The van der Waals surface area contributed by atoms with Crippen molar-refractivity contribution in [1.82, 2.24) is 15.4 Å². The van der Waals surface area contributed by atoms with Gasteiger partial charge in [-0.2, -0.15) is 0 Å². The molecule has 1 aromatic heterocycles. The van der Waals surface area contributed by atoms with Crippen LogP contribution in [-0.4, -0.2) is 53.0 Å². The summed E-state index contributed by atoms with van der Waals surface area (Å²) in [6, 6.07) is 23.5. The van der Waals surface area contributed by atoms with Crippen molar-refractivity contribution < 1.29 is 14.8 Å². The molecule has 0 spiro atoms. The predicted molar refractivity (Wildman–Crippen MR) is 137 cm³/mol. The Labute approximate surface area is 205 Å². The maximum Gasteiger partial charge on any atom is 0.267 e. The Morgan fingerprint density at radius 3 is 2.20 bits per heavy atom. The second-order valence-corrected chi connectivity index (χ2v) is 8.26. The molecule has 1 amide bonds. The van der Waals surface area contributed by atoms with Crippen LogP contribution >= 0.6 is 0 Å². The van der Waals surface area contributed by atoms with Crippen molar-refractivity contribution in [3.05, 3.63) is 107 Å². The number of benzene rings is 2. The maximum absolute atomic E-state index is 13.1. The minimum Gasteiger partial charge on any atom is -0.368 e. The van der Waals surface area contributed by atoms with Crippen molar-refractivity contribution in [2.24, 2.45) is 0 Å². The van der Waals surface area contributed by atoms with Crippen LogP contribution in [0.3, 0.4) is 0 Å². The Hall–Kier alpha value is -4.07.